The lowest BCUT2D eigenvalue weighted by molar-refractivity contribution is 0.301. The second-order valence-electron chi connectivity index (χ2n) is 9.15. The standard InChI is InChI=1S/C25H40/c1-3-4-5-6-7-8-9-21-11-14-22(15-12-21)24-17-16-23-18-20(2)10-13-25(23)19-24/h16-17,19-22H,3-15,18H2,1-2H3. The van der Waals surface area contributed by atoms with Gasteiger partial charge in [-0.2, -0.15) is 0 Å². The Morgan fingerprint density at radius 1 is 0.840 bits per heavy atom. The monoisotopic (exact) mass is 340 g/mol. The zero-order valence-electron chi connectivity index (χ0n) is 16.9. The van der Waals surface area contributed by atoms with Gasteiger partial charge in [-0.3, -0.25) is 0 Å². The molecule has 1 fully saturated rings. The maximum atomic E-state index is 2.58. The molecule has 0 saturated heterocycles. The Kier molecular flexibility index (Phi) is 7.44. The van der Waals surface area contributed by atoms with Crippen molar-refractivity contribution < 1.29 is 0 Å². The summed E-state index contributed by atoms with van der Waals surface area (Å²) in [6.45, 7) is 4.71. The second kappa shape index (κ2) is 9.79. The Bertz CT molecular complexity index is 507. The van der Waals surface area contributed by atoms with Crippen LogP contribution in [0.3, 0.4) is 0 Å². The van der Waals surface area contributed by atoms with E-state index in [1.54, 1.807) is 16.7 Å². The number of fused-ring (bicyclic) bond motifs is 1. The van der Waals surface area contributed by atoms with Gasteiger partial charge in [0, 0.05) is 0 Å². The molecule has 1 atom stereocenters. The van der Waals surface area contributed by atoms with Crippen LogP contribution in [-0.2, 0) is 12.8 Å². The van der Waals surface area contributed by atoms with E-state index in [0.29, 0.717) is 0 Å². The lowest BCUT2D eigenvalue weighted by Gasteiger charge is -2.30. The van der Waals surface area contributed by atoms with Crippen molar-refractivity contribution in [2.75, 3.05) is 0 Å². The van der Waals surface area contributed by atoms with Crippen molar-refractivity contribution >= 4 is 0 Å². The SMILES string of the molecule is CCCCCCCCC1CCC(c2ccc3c(c2)CCC(C)C3)CC1. The molecule has 0 radical (unpaired) electrons. The van der Waals surface area contributed by atoms with Gasteiger partial charge in [0.15, 0.2) is 0 Å². The topological polar surface area (TPSA) is 0 Å². The molecule has 0 aliphatic heterocycles. The van der Waals surface area contributed by atoms with Crippen molar-refractivity contribution in [3.05, 3.63) is 34.9 Å². The van der Waals surface area contributed by atoms with Crippen LogP contribution >= 0.6 is 0 Å². The molecule has 140 valence electrons. The van der Waals surface area contributed by atoms with Crippen LogP contribution in [-0.4, -0.2) is 0 Å². The molecular formula is C25H40. The molecule has 0 heterocycles. The van der Waals surface area contributed by atoms with Crippen LogP contribution in [0.2, 0.25) is 0 Å². The first-order valence-electron chi connectivity index (χ1n) is 11.4. The molecule has 0 aromatic heterocycles. The van der Waals surface area contributed by atoms with E-state index in [1.165, 1.54) is 89.9 Å². The number of hydrogen-bond acceptors (Lipinski definition) is 0. The van der Waals surface area contributed by atoms with Crippen molar-refractivity contribution in [3.8, 4) is 0 Å². The lowest BCUT2D eigenvalue weighted by Crippen LogP contribution is -2.15. The van der Waals surface area contributed by atoms with Crippen LogP contribution in [0.4, 0.5) is 0 Å². The highest BCUT2D eigenvalue weighted by Crippen LogP contribution is 2.39. The molecule has 0 nitrogen and oxygen atoms in total. The minimum atomic E-state index is 0.852. The summed E-state index contributed by atoms with van der Waals surface area (Å²) in [5.74, 6) is 2.77. The first-order valence-corrected chi connectivity index (χ1v) is 11.4. The third-order valence-electron chi connectivity index (χ3n) is 6.99. The molecule has 1 unspecified atom stereocenters. The Morgan fingerprint density at radius 3 is 2.40 bits per heavy atom. The van der Waals surface area contributed by atoms with Crippen molar-refractivity contribution in [1.29, 1.82) is 0 Å². The fraction of sp³-hybridized carbons (Fsp3) is 0.760. The van der Waals surface area contributed by atoms with E-state index in [2.05, 4.69) is 32.0 Å². The highest BCUT2D eigenvalue weighted by atomic mass is 14.3. The Hall–Kier alpha value is -0.780. The molecule has 1 saturated carbocycles. The van der Waals surface area contributed by atoms with E-state index in [-0.39, 0.29) is 0 Å². The van der Waals surface area contributed by atoms with Gasteiger partial charge in [-0.15, -0.1) is 0 Å². The van der Waals surface area contributed by atoms with Crippen LogP contribution in [0.15, 0.2) is 18.2 Å². The fourth-order valence-corrected chi connectivity index (χ4v) is 5.21. The van der Waals surface area contributed by atoms with Gasteiger partial charge in [-0.05, 0) is 79.4 Å². The van der Waals surface area contributed by atoms with Crippen LogP contribution in [0.1, 0.15) is 114 Å². The Morgan fingerprint density at radius 2 is 1.60 bits per heavy atom. The fourth-order valence-electron chi connectivity index (χ4n) is 5.21. The molecule has 0 bridgehead atoms. The van der Waals surface area contributed by atoms with Gasteiger partial charge in [0.2, 0.25) is 0 Å². The molecule has 3 rings (SSSR count). The molecule has 0 N–H and O–H groups in total. The summed E-state index contributed by atoms with van der Waals surface area (Å²) < 4.78 is 0. The molecule has 1 aromatic rings. The zero-order valence-corrected chi connectivity index (χ0v) is 16.9. The summed E-state index contributed by atoms with van der Waals surface area (Å²) in [6, 6.07) is 7.51. The lowest BCUT2D eigenvalue weighted by atomic mass is 9.75. The van der Waals surface area contributed by atoms with E-state index >= 15 is 0 Å². The molecular weight excluding hydrogens is 300 g/mol. The van der Waals surface area contributed by atoms with Crippen LogP contribution in [0.25, 0.3) is 0 Å². The number of aryl methyl sites for hydroxylation is 1. The third kappa shape index (κ3) is 5.60. The quantitative estimate of drug-likeness (QED) is 0.423. The first-order chi connectivity index (χ1) is 12.3. The largest absolute Gasteiger partial charge is 0.0654 e. The average molecular weight is 341 g/mol. The van der Waals surface area contributed by atoms with Gasteiger partial charge >= 0.3 is 0 Å². The highest BCUT2D eigenvalue weighted by Gasteiger charge is 2.23. The molecule has 0 heteroatoms. The maximum absolute atomic E-state index is 2.58. The number of rotatable bonds is 8. The van der Waals surface area contributed by atoms with Gasteiger partial charge in [-0.25, -0.2) is 0 Å². The smallest absolute Gasteiger partial charge is 0.0162 e. The van der Waals surface area contributed by atoms with Gasteiger partial charge < -0.3 is 0 Å². The second-order valence-corrected chi connectivity index (χ2v) is 9.15. The minimum Gasteiger partial charge on any atom is -0.0654 e. The van der Waals surface area contributed by atoms with Crippen LogP contribution in [0.5, 0.6) is 0 Å². The highest BCUT2D eigenvalue weighted by molar-refractivity contribution is 5.36. The summed E-state index contributed by atoms with van der Waals surface area (Å²) in [7, 11) is 0. The summed E-state index contributed by atoms with van der Waals surface area (Å²) in [5.41, 5.74) is 4.97. The summed E-state index contributed by atoms with van der Waals surface area (Å²) in [6.07, 6.45) is 20.0. The summed E-state index contributed by atoms with van der Waals surface area (Å²) in [4.78, 5) is 0. The van der Waals surface area contributed by atoms with Crippen LogP contribution in [0, 0.1) is 11.8 Å². The van der Waals surface area contributed by atoms with E-state index in [4.69, 9.17) is 0 Å². The Labute approximate surface area is 156 Å². The van der Waals surface area contributed by atoms with Crippen molar-refractivity contribution in [2.24, 2.45) is 11.8 Å². The molecule has 1 aromatic carbocycles. The maximum Gasteiger partial charge on any atom is -0.0162 e. The molecule has 2 aliphatic carbocycles. The zero-order chi connectivity index (χ0) is 17.5. The molecule has 0 spiro atoms. The molecule has 0 amide bonds. The van der Waals surface area contributed by atoms with Crippen molar-refractivity contribution in [2.45, 2.75) is 110 Å². The van der Waals surface area contributed by atoms with Crippen molar-refractivity contribution in [1.82, 2.24) is 0 Å². The number of unbranched alkanes of at least 4 members (excludes halogenated alkanes) is 5. The summed E-state index contributed by atoms with van der Waals surface area (Å²) in [5, 5.41) is 0. The third-order valence-corrected chi connectivity index (χ3v) is 6.99. The van der Waals surface area contributed by atoms with E-state index < -0.39 is 0 Å². The summed E-state index contributed by atoms with van der Waals surface area (Å²) >= 11 is 0. The van der Waals surface area contributed by atoms with E-state index in [1.807, 2.05) is 0 Å². The minimum absolute atomic E-state index is 0.852. The van der Waals surface area contributed by atoms with E-state index in [9.17, 15) is 0 Å². The first kappa shape index (κ1) is 19.0. The van der Waals surface area contributed by atoms with Gasteiger partial charge in [0.1, 0.15) is 0 Å². The van der Waals surface area contributed by atoms with Gasteiger partial charge in [-0.1, -0.05) is 77.0 Å². The normalized spacial score (nSPS) is 26.4. The number of benzene rings is 1. The predicted octanol–water partition coefficient (Wildman–Crippen LogP) is 7.84. The average Bonchev–Trinajstić information content (AvgIpc) is 2.64. The molecule has 2 aliphatic rings. The van der Waals surface area contributed by atoms with Gasteiger partial charge in [0.25, 0.3) is 0 Å². The number of hydrogen-bond donors (Lipinski definition) is 0. The van der Waals surface area contributed by atoms with E-state index in [0.717, 1.165) is 17.8 Å². The van der Waals surface area contributed by atoms with Crippen LogP contribution < -0.4 is 0 Å². The van der Waals surface area contributed by atoms with Crippen molar-refractivity contribution in [3.63, 3.8) is 0 Å². The Balaban J connectivity index is 1.40. The predicted molar refractivity (Wildman–Crippen MR) is 110 cm³/mol. The molecule has 25 heavy (non-hydrogen) atoms. The van der Waals surface area contributed by atoms with Gasteiger partial charge in [0.05, 0.1) is 0 Å².